The lowest BCUT2D eigenvalue weighted by Gasteiger charge is -2.36. The lowest BCUT2D eigenvalue weighted by atomic mass is 9.75. The molecule has 6 rings (SSSR count). The van der Waals surface area contributed by atoms with Crippen molar-refractivity contribution in [1.82, 2.24) is 4.90 Å². The fourth-order valence-electron chi connectivity index (χ4n) is 6.61. The van der Waals surface area contributed by atoms with Crippen LogP contribution >= 0.6 is 0 Å². The van der Waals surface area contributed by atoms with E-state index < -0.39 is 17.4 Å². The summed E-state index contributed by atoms with van der Waals surface area (Å²) in [5, 5.41) is 3.05. The fourth-order valence-corrected chi connectivity index (χ4v) is 6.61. The van der Waals surface area contributed by atoms with Crippen LogP contribution in [0.4, 0.5) is 11.4 Å². The minimum Gasteiger partial charge on any atom is -0.324 e. The molecular formula is C26H27N3O3. The van der Waals surface area contributed by atoms with Crippen molar-refractivity contribution in [2.45, 2.75) is 51.1 Å². The highest BCUT2D eigenvalue weighted by atomic mass is 16.2. The fraction of sp³-hybridized carbons (Fsp3) is 0.423. The molecule has 6 nitrogen and oxygen atoms in total. The van der Waals surface area contributed by atoms with Gasteiger partial charge in [-0.15, -0.1) is 0 Å². The molecular weight excluding hydrogens is 402 g/mol. The highest BCUT2D eigenvalue weighted by Gasteiger charge is 2.74. The van der Waals surface area contributed by atoms with Crippen LogP contribution < -0.4 is 10.2 Å². The van der Waals surface area contributed by atoms with Gasteiger partial charge in [0.15, 0.2) is 0 Å². The second kappa shape index (κ2) is 6.75. The number of fused-ring (bicyclic) bond motifs is 7. The Morgan fingerprint density at radius 3 is 2.41 bits per heavy atom. The summed E-state index contributed by atoms with van der Waals surface area (Å²) >= 11 is 0. The van der Waals surface area contributed by atoms with Gasteiger partial charge in [0, 0.05) is 17.3 Å². The van der Waals surface area contributed by atoms with Crippen molar-refractivity contribution in [2.75, 3.05) is 16.8 Å². The lowest BCUT2D eigenvalue weighted by Crippen LogP contribution is -2.54. The smallest absolute Gasteiger partial charge is 0.250 e. The number of benzene rings is 2. The number of carbonyl (C=O) groups excluding carboxylic acids is 3. The molecule has 4 aliphatic rings. The zero-order valence-corrected chi connectivity index (χ0v) is 18.4. The van der Waals surface area contributed by atoms with Crippen molar-refractivity contribution < 1.29 is 14.4 Å². The van der Waals surface area contributed by atoms with Gasteiger partial charge in [-0.3, -0.25) is 19.3 Å². The first-order chi connectivity index (χ1) is 15.5. The number of nitrogens with one attached hydrogen (secondary N) is 1. The molecule has 0 aliphatic carbocycles. The second-order valence-corrected chi connectivity index (χ2v) is 9.39. The van der Waals surface area contributed by atoms with Gasteiger partial charge in [0.05, 0.1) is 17.5 Å². The third-order valence-corrected chi connectivity index (χ3v) is 8.07. The van der Waals surface area contributed by atoms with E-state index in [0.717, 1.165) is 54.6 Å². The maximum atomic E-state index is 14.0. The molecule has 1 N–H and O–H groups in total. The molecule has 4 aliphatic heterocycles. The van der Waals surface area contributed by atoms with Crippen LogP contribution in [0.25, 0.3) is 0 Å². The Labute approximate surface area is 187 Å². The molecule has 0 bridgehead atoms. The topological polar surface area (TPSA) is 69.7 Å². The molecule has 0 radical (unpaired) electrons. The number of nitrogens with zero attached hydrogens (tertiary/aromatic N) is 2. The monoisotopic (exact) mass is 429 g/mol. The third kappa shape index (κ3) is 2.26. The van der Waals surface area contributed by atoms with Crippen LogP contribution in [0.2, 0.25) is 0 Å². The van der Waals surface area contributed by atoms with Crippen LogP contribution in [0.15, 0.2) is 42.5 Å². The summed E-state index contributed by atoms with van der Waals surface area (Å²) < 4.78 is 0. The van der Waals surface area contributed by atoms with E-state index in [4.69, 9.17) is 0 Å². The normalized spacial score (nSPS) is 30.8. The van der Waals surface area contributed by atoms with Gasteiger partial charge >= 0.3 is 0 Å². The quantitative estimate of drug-likeness (QED) is 0.761. The third-order valence-electron chi connectivity index (χ3n) is 8.07. The van der Waals surface area contributed by atoms with Gasteiger partial charge in [-0.1, -0.05) is 38.1 Å². The van der Waals surface area contributed by atoms with E-state index in [0.29, 0.717) is 5.69 Å². The molecule has 4 heterocycles. The lowest BCUT2D eigenvalue weighted by molar-refractivity contribution is -0.135. The van der Waals surface area contributed by atoms with Crippen LogP contribution in [0.3, 0.4) is 0 Å². The first-order valence-electron chi connectivity index (χ1n) is 11.7. The first-order valence-corrected chi connectivity index (χ1v) is 11.7. The molecule has 6 heteroatoms. The van der Waals surface area contributed by atoms with Crippen molar-refractivity contribution in [3.05, 3.63) is 59.2 Å². The molecule has 32 heavy (non-hydrogen) atoms. The zero-order chi connectivity index (χ0) is 22.2. The summed E-state index contributed by atoms with van der Waals surface area (Å²) in [6.45, 7) is 4.89. The minimum atomic E-state index is -1.10. The van der Waals surface area contributed by atoms with E-state index >= 15 is 0 Å². The molecule has 3 amide bonds. The first kappa shape index (κ1) is 19.7. The Hall–Kier alpha value is -2.99. The van der Waals surface area contributed by atoms with Crippen LogP contribution in [-0.2, 0) is 32.8 Å². The van der Waals surface area contributed by atoms with Gasteiger partial charge in [-0.25, -0.2) is 4.90 Å². The van der Waals surface area contributed by atoms with Crippen LogP contribution in [0, 0.1) is 11.8 Å². The SMILES string of the molecule is CCc1ccc(N2C(=O)C3C4CCCN4C4(C(=O)Nc5ccc(CC)cc54)C3C2=O)cc1. The second-order valence-electron chi connectivity index (χ2n) is 9.39. The number of hydrogen-bond acceptors (Lipinski definition) is 4. The van der Waals surface area contributed by atoms with E-state index in [9.17, 15) is 14.4 Å². The Balaban J connectivity index is 1.52. The average molecular weight is 430 g/mol. The number of rotatable bonds is 3. The molecule has 4 unspecified atom stereocenters. The Morgan fingerprint density at radius 1 is 0.969 bits per heavy atom. The molecule has 3 fully saturated rings. The van der Waals surface area contributed by atoms with Crippen molar-refractivity contribution >= 4 is 29.1 Å². The maximum Gasteiger partial charge on any atom is 0.250 e. The number of aryl methyl sites for hydroxylation is 2. The van der Waals surface area contributed by atoms with E-state index in [1.807, 2.05) is 36.4 Å². The van der Waals surface area contributed by atoms with Crippen LogP contribution in [-0.4, -0.2) is 35.2 Å². The Morgan fingerprint density at radius 2 is 1.69 bits per heavy atom. The van der Waals surface area contributed by atoms with Gasteiger partial charge in [0.2, 0.25) is 17.7 Å². The molecule has 0 saturated carbocycles. The number of anilines is 2. The van der Waals surface area contributed by atoms with E-state index in [1.54, 1.807) is 0 Å². The molecule has 0 aromatic heterocycles. The largest absolute Gasteiger partial charge is 0.324 e. The van der Waals surface area contributed by atoms with Crippen LogP contribution in [0.1, 0.15) is 43.4 Å². The predicted octanol–water partition coefficient (Wildman–Crippen LogP) is 3.24. The Bertz CT molecular complexity index is 1160. The van der Waals surface area contributed by atoms with Crippen molar-refractivity contribution in [2.24, 2.45) is 11.8 Å². The van der Waals surface area contributed by atoms with Gasteiger partial charge in [-0.2, -0.15) is 0 Å². The van der Waals surface area contributed by atoms with Gasteiger partial charge in [0.25, 0.3) is 0 Å². The van der Waals surface area contributed by atoms with Gasteiger partial charge in [0.1, 0.15) is 5.54 Å². The van der Waals surface area contributed by atoms with E-state index in [2.05, 4.69) is 30.1 Å². The van der Waals surface area contributed by atoms with Gasteiger partial charge in [-0.05, 0) is 61.6 Å². The average Bonchev–Trinajstić information content (AvgIpc) is 3.52. The summed E-state index contributed by atoms with van der Waals surface area (Å²) in [5.41, 5.74) is 3.42. The molecule has 2 aromatic rings. The van der Waals surface area contributed by atoms with Gasteiger partial charge < -0.3 is 5.32 Å². The number of amides is 3. The number of imide groups is 1. The maximum absolute atomic E-state index is 14.0. The van der Waals surface area contributed by atoms with Crippen molar-refractivity contribution in [1.29, 1.82) is 0 Å². The summed E-state index contributed by atoms with van der Waals surface area (Å²) in [6.07, 6.45) is 3.50. The molecule has 3 saturated heterocycles. The summed E-state index contributed by atoms with van der Waals surface area (Å²) in [6, 6.07) is 13.6. The Kier molecular flexibility index (Phi) is 4.15. The summed E-state index contributed by atoms with van der Waals surface area (Å²) in [5.74, 6) is -1.75. The highest BCUT2D eigenvalue weighted by Crippen LogP contribution is 2.60. The zero-order valence-electron chi connectivity index (χ0n) is 18.4. The number of hydrogen-bond donors (Lipinski definition) is 1. The molecule has 164 valence electrons. The van der Waals surface area contributed by atoms with E-state index in [-0.39, 0.29) is 23.8 Å². The molecule has 1 spiro atoms. The molecule has 2 aromatic carbocycles. The van der Waals surface area contributed by atoms with Crippen molar-refractivity contribution in [3.63, 3.8) is 0 Å². The summed E-state index contributed by atoms with van der Waals surface area (Å²) in [7, 11) is 0. The highest BCUT2D eigenvalue weighted by molar-refractivity contribution is 6.25. The van der Waals surface area contributed by atoms with E-state index in [1.165, 1.54) is 4.90 Å². The molecule has 4 atom stereocenters. The predicted molar refractivity (Wildman–Crippen MR) is 121 cm³/mol. The summed E-state index contributed by atoms with van der Waals surface area (Å²) in [4.78, 5) is 44.9. The van der Waals surface area contributed by atoms with Crippen LogP contribution in [0.5, 0.6) is 0 Å². The number of carbonyl (C=O) groups is 3. The van der Waals surface area contributed by atoms with Crippen molar-refractivity contribution in [3.8, 4) is 0 Å². The standard InChI is InChI=1S/C26H27N3O3/c1-3-15-7-10-17(11-8-15)29-23(30)21-20-6-5-13-28(20)26(22(21)24(29)31)18-14-16(4-2)9-12-19(18)27-25(26)32/h7-12,14,20-22H,3-6,13H2,1-2H3,(H,27,32). The minimum absolute atomic E-state index is 0.0849.